The molecule has 1 aliphatic heterocycles. The average Bonchev–Trinajstić information content (AvgIpc) is 2.53. The second-order valence-corrected chi connectivity index (χ2v) is 6.21. The van der Waals surface area contributed by atoms with Crippen LogP contribution in [0.4, 0.5) is 4.39 Å². The smallest absolute Gasteiger partial charge is 0.239 e. The van der Waals surface area contributed by atoms with Gasteiger partial charge in [-0.3, -0.25) is 14.5 Å². The zero-order valence-corrected chi connectivity index (χ0v) is 13.7. The van der Waals surface area contributed by atoms with Gasteiger partial charge < -0.3 is 10.6 Å². The van der Waals surface area contributed by atoms with E-state index in [0.717, 1.165) is 5.56 Å². The minimum atomic E-state index is -0.301. The van der Waals surface area contributed by atoms with Crippen LogP contribution in [0.3, 0.4) is 0 Å². The van der Waals surface area contributed by atoms with Gasteiger partial charge in [0.2, 0.25) is 11.8 Å². The molecule has 0 aliphatic carbocycles. The van der Waals surface area contributed by atoms with Gasteiger partial charge in [-0.2, -0.15) is 0 Å². The number of piperidine rings is 1. The largest absolute Gasteiger partial charge is 0.369 e. The Kier molecular flexibility index (Phi) is 5.71. The van der Waals surface area contributed by atoms with E-state index in [1.165, 1.54) is 12.1 Å². The van der Waals surface area contributed by atoms with Crippen molar-refractivity contribution in [2.45, 2.75) is 32.4 Å². The molecule has 2 amide bonds. The molecule has 126 valence electrons. The summed E-state index contributed by atoms with van der Waals surface area (Å²) in [5, 5.41) is 0. The highest BCUT2D eigenvalue weighted by atomic mass is 19.1. The third-order valence-corrected chi connectivity index (χ3v) is 4.52. The molecule has 0 spiro atoms. The summed E-state index contributed by atoms with van der Waals surface area (Å²) in [4.78, 5) is 27.4. The molecule has 1 aliphatic rings. The summed E-state index contributed by atoms with van der Waals surface area (Å²) in [6, 6.07) is 6.00. The number of amides is 2. The molecule has 6 heteroatoms. The van der Waals surface area contributed by atoms with Crippen molar-refractivity contribution in [2.75, 3.05) is 20.1 Å². The first-order chi connectivity index (χ1) is 10.9. The van der Waals surface area contributed by atoms with E-state index < -0.39 is 0 Å². The van der Waals surface area contributed by atoms with Crippen LogP contribution in [0.2, 0.25) is 0 Å². The number of nitrogens with zero attached hydrogens (tertiary/aromatic N) is 2. The fourth-order valence-corrected chi connectivity index (χ4v) is 3.03. The first-order valence-corrected chi connectivity index (χ1v) is 7.91. The van der Waals surface area contributed by atoms with Gasteiger partial charge in [0.1, 0.15) is 5.82 Å². The first kappa shape index (κ1) is 17.4. The second-order valence-electron chi connectivity index (χ2n) is 6.21. The maximum Gasteiger partial charge on any atom is 0.239 e. The monoisotopic (exact) mass is 321 g/mol. The van der Waals surface area contributed by atoms with Gasteiger partial charge in [0.15, 0.2) is 0 Å². The molecule has 0 saturated carbocycles. The molecule has 0 aromatic heterocycles. The Morgan fingerprint density at radius 3 is 2.61 bits per heavy atom. The highest BCUT2D eigenvalue weighted by Gasteiger charge is 2.30. The Labute approximate surface area is 136 Å². The van der Waals surface area contributed by atoms with Crippen molar-refractivity contribution in [3.63, 3.8) is 0 Å². The van der Waals surface area contributed by atoms with E-state index in [0.29, 0.717) is 32.5 Å². The van der Waals surface area contributed by atoms with Crippen molar-refractivity contribution >= 4 is 11.8 Å². The molecular weight excluding hydrogens is 297 g/mol. The third kappa shape index (κ3) is 4.51. The number of carbonyl (C=O) groups excluding carboxylic acids is 2. The predicted octanol–water partition coefficient (Wildman–Crippen LogP) is 1.37. The summed E-state index contributed by atoms with van der Waals surface area (Å²) >= 11 is 0. The van der Waals surface area contributed by atoms with Crippen LogP contribution in [0.15, 0.2) is 24.3 Å². The quantitative estimate of drug-likeness (QED) is 0.891. The third-order valence-electron chi connectivity index (χ3n) is 4.52. The van der Waals surface area contributed by atoms with Crippen LogP contribution >= 0.6 is 0 Å². The molecule has 0 bridgehead atoms. The molecule has 23 heavy (non-hydrogen) atoms. The summed E-state index contributed by atoms with van der Waals surface area (Å²) in [6.07, 6.45) is 1.39. The minimum Gasteiger partial charge on any atom is -0.369 e. The number of halogens is 1. The topological polar surface area (TPSA) is 66.6 Å². The zero-order chi connectivity index (χ0) is 17.0. The number of hydrogen-bond donors (Lipinski definition) is 1. The normalized spacial score (nSPS) is 17.7. The number of likely N-dealkylation sites (N-methyl/N-ethyl adjacent to an activating group) is 1. The summed E-state index contributed by atoms with van der Waals surface area (Å²) in [6.45, 7) is 3.62. The molecule has 1 aromatic rings. The Bertz CT molecular complexity index is 571. The number of rotatable bonds is 5. The zero-order valence-electron chi connectivity index (χ0n) is 13.7. The standard InChI is InChI=1S/C17H24FN3O2/c1-12(21-8-6-14(7-9-21)16(19)22)17(23)20(2)11-13-4-3-5-15(18)10-13/h3-5,10,12,14H,6-9,11H2,1-2H3,(H2,19,22)/t12-/m1/s1. The van der Waals surface area contributed by atoms with E-state index >= 15 is 0 Å². The van der Waals surface area contributed by atoms with Crippen LogP contribution in [-0.2, 0) is 16.1 Å². The van der Waals surface area contributed by atoms with Crippen molar-refractivity contribution < 1.29 is 14.0 Å². The van der Waals surface area contributed by atoms with Crippen LogP contribution < -0.4 is 5.73 Å². The molecule has 1 fully saturated rings. The molecule has 1 aromatic carbocycles. The number of primary amides is 1. The van der Waals surface area contributed by atoms with Gasteiger partial charge in [-0.25, -0.2) is 4.39 Å². The predicted molar refractivity (Wildman–Crippen MR) is 85.8 cm³/mol. The van der Waals surface area contributed by atoms with Gasteiger partial charge >= 0.3 is 0 Å². The van der Waals surface area contributed by atoms with Crippen molar-refractivity contribution in [3.8, 4) is 0 Å². The number of hydrogen-bond acceptors (Lipinski definition) is 3. The molecule has 0 radical (unpaired) electrons. The first-order valence-electron chi connectivity index (χ1n) is 7.91. The van der Waals surface area contributed by atoms with Crippen LogP contribution in [0, 0.1) is 11.7 Å². The molecule has 1 heterocycles. The summed E-state index contributed by atoms with van der Waals surface area (Å²) in [7, 11) is 1.72. The molecular formula is C17H24FN3O2. The molecule has 1 atom stereocenters. The van der Waals surface area contributed by atoms with Crippen LogP contribution in [0.1, 0.15) is 25.3 Å². The molecule has 2 N–H and O–H groups in total. The lowest BCUT2D eigenvalue weighted by atomic mass is 9.95. The van der Waals surface area contributed by atoms with Crippen LogP contribution in [-0.4, -0.2) is 47.8 Å². The lowest BCUT2D eigenvalue weighted by Crippen LogP contribution is -2.49. The molecule has 5 nitrogen and oxygen atoms in total. The molecule has 0 unspecified atom stereocenters. The van der Waals surface area contributed by atoms with Crippen LogP contribution in [0.5, 0.6) is 0 Å². The second kappa shape index (κ2) is 7.55. The Hall–Kier alpha value is -1.95. The highest BCUT2D eigenvalue weighted by Crippen LogP contribution is 2.19. The van der Waals surface area contributed by atoms with Crippen molar-refractivity contribution in [3.05, 3.63) is 35.6 Å². The Balaban J connectivity index is 1.90. The molecule has 1 saturated heterocycles. The lowest BCUT2D eigenvalue weighted by Gasteiger charge is -2.35. The number of nitrogens with two attached hydrogens (primary N) is 1. The van der Waals surface area contributed by atoms with E-state index in [9.17, 15) is 14.0 Å². The fourth-order valence-electron chi connectivity index (χ4n) is 3.03. The Morgan fingerprint density at radius 2 is 2.04 bits per heavy atom. The maximum absolute atomic E-state index is 13.2. The van der Waals surface area contributed by atoms with Crippen LogP contribution in [0.25, 0.3) is 0 Å². The fraction of sp³-hybridized carbons (Fsp3) is 0.529. The van der Waals surface area contributed by atoms with Gasteiger partial charge in [-0.15, -0.1) is 0 Å². The van der Waals surface area contributed by atoms with Crippen molar-refractivity contribution in [1.29, 1.82) is 0 Å². The van der Waals surface area contributed by atoms with Crippen molar-refractivity contribution in [2.24, 2.45) is 11.7 Å². The Morgan fingerprint density at radius 1 is 1.39 bits per heavy atom. The van der Waals surface area contributed by atoms with E-state index in [-0.39, 0.29) is 29.6 Å². The summed E-state index contributed by atoms with van der Waals surface area (Å²) in [5.41, 5.74) is 6.10. The summed E-state index contributed by atoms with van der Waals surface area (Å²) in [5.74, 6) is -0.651. The number of carbonyl (C=O) groups is 2. The van der Waals surface area contributed by atoms with E-state index in [1.54, 1.807) is 24.1 Å². The maximum atomic E-state index is 13.2. The van der Waals surface area contributed by atoms with E-state index in [4.69, 9.17) is 5.73 Å². The van der Waals surface area contributed by atoms with Gasteiger partial charge in [-0.1, -0.05) is 12.1 Å². The van der Waals surface area contributed by atoms with Gasteiger partial charge in [0.05, 0.1) is 6.04 Å². The van der Waals surface area contributed by atoms with E-state index in [1.807, 2.05) is 6.92 Å². The number of benzene rings is 1. The van der Waals surface area contributed by atoms with Crippen molar-refractivity contribution in [1.82, 2.24) is 9.80 Å². The SMILES string of the molecule is C[C@H](C(=O)N(C)Cc1cccc(F)c1)N1CCC(C(N)=O)CC1. The van der Waals surface area contributed by atoms with Gasteiger partial charge in [-0.05, 0) is 50.6 Å². The van der Waals surface area contributed by atoms with E-state index in [2.05, 4.69) is 4.90 Å². The lowest BCUT2D eigenvalue weighted by molar-refractivity contribution is -0.136. The number of likely N-dealkylation sites (tertiary alicyclic amines) is 1. The van der Waals surface area contributed by atoms with Gasteiger partial charge in [0.25, 0.3) is 0 Å². The molecule has 2 rings (SSSR count). The minimum absolute atomic E-state index is 0.00761. The average molecular weight is 321 g/mol. The van der Waals surface area contributed by atoms with Gasteiger partial charge in [0, 0.05) is 19.5 Å². The summed E-state index contributed by atoms with van der Waals surface area (Å²) < 4.78 is 13.2. The highest BCUT2D eigenvalue weighted by molar-refractivity contribution is 5.81.